The average Bonchev–Trinajstić information content (AvgIpc) is 2.67. The second kappa shape index (κ2) is 9.65. The number of hydrogen-bond donors (Lipinski definition) is 2. The van der Waals surface area contributed by atoms with Crippen molar-refractivity contribution in [3.05, 3.63) is 35.9 Å². The summed E-state index contributed by atoms with van der Waals surface area (Å²) in [5, 5.41) is 5.74. The Morgan fingerprint density at radius 1 is 1.34 bits per heavy atom. The van der Waals surface area contributed by atoms with E-state index in [1.165, 1.54) is 13.2 Å². The Balaban J connectivity index is 2.21. The molecule has 0 unspecified atom stereocenters. The van der Waals surface area contributed by atoms with Crippen LogP contribution in [0.15, 0.2) is 24.4 Å². The maximum absolute atomic E-state index is 14.3. The number of hydrogen-bond acceptors (Lipinski definition) is 6. The van der Waals surface area contributed by atoms with Crippen molar-refractivity contribution in [1.82, 2.24) is 15.3 Å². The molecule has 2 aromatic heterocycles. The SMILES string of the molecule is CN[C@](C)(COc1ccc(-c2cc(NC(=O)OC)ncc2F)nc1C)CC(C)C. The fraction of sp³-hybridized carbons (Fsp3) is 0.476. The molecule has 0 saturated carbocycles. The van der Waals surface area contributed by atoms with Gasteiger partial charge in [-0.1, -0.05) is 13.8 Å². The van der Waals surface area contributed by atoms with Gasteiger partial charge in [-0.3, -0.25) is 5.32 Å². The minimum absolute atomic E-state index is 0.162. The highest BCUT2D eigenvalue weighted by Gasteiger charge is 2.24. The Morgan fingerprint density at radius 2 is 2.07 bits per heavy atom. The van der Waals surface area contributed by atoms with Gasteiger partial charge in [0.2, 0.25) is 0 Å². The lowest BCUT2D eigenvalue weighted by molar-refractivity contribution is 0.177. The van der Waals surface area contributed by atoms with Gasteiger partial charge in [-0.15, -0.1) is 0 Å². The van der Waals surface area contributed by atoms with E-state index in [9.17, 15) is 9.18 Å². The number of nitrogens with zero attached hydrogens (tertiary/aromatic N) is 2. The van der Waals surface area contributed by atoms with E-state index in [1.807, 2.05) is 14.0 Å². The molecule has 8 heteroatoms. The number of amides is 1. The maximum Gasteiger partial charge on any atom is 0.412 e. The molecule has 7 nitrogen and oxygen atoms in total. The third-order valence-electron chi connectivity index (χ3n) is 4.59. The van der Waals surface area contributed by atoms with Gasteiger partial charge < -0.3 is 14.8 Å². The summed E-state index contributed by atoms with van der Waals surface area (Å²) in [6.07, 6.45) is 1.32. The molecular formula is C21H29FN4O3. The Bertz CT molecular complexity index is 860. The first-order valence-electron chi connectivity index (χ1n) is 9.47. The van der Waals surface area contributed by atoms with Gasteiger partial charge in [-0.25, -0.2) is 19.2 Å². The van der Waals surface area contributed by atoms with Crippen molar-refractivity contribution in [3.8, 4) is 17.0 Å². The number of ether oxygens (including phenoxy) is 2. The largest absolute Gasteiger partial charge is 0.490 e. The lowest BCUT2D eigenvalue weighted by atomic mass is 9.92. The summed E-state index contributed by atoms with van der Waals surface area (Å²) in [6, 6.07) is 4.87. The van der Waals surface area contributed by atoms with E-state index < -0.39 is 11.9 Å². The van der Waals surface area contributed by atoms with Gasteiger partial charge in [-0.2, -0.15) is 0 Å². The molecule has 0 aliphatic carbocycles. The highest BCUT2D eigenvalue weighted by molar-refractivity contribution is 5.84. The number of aryl methyl sites for hydroxylation is 1. The van der Waals surface area contributed by atoms with E-state index >= 15 is 0 Å². The van der Waals surface area contributed by atoms with Crippen LogP contribution in [0.3, 0.4) is 0 Å². The average molecular weight is 404 g/mol. The molecule has 2 N–H and O–H groups in total. The Labute approximate surface area is 171 Å². The van der Waals surface area contributed by atoms with Crippen molar-refractivity contribution in [2.24, 2.45) is 5.92 Å². The molecule has 0 aliphatic rings. The summed E-state index contributed by atoms with van der Waals surface area (Å²) in [5.74, 6) is 0.800. The lowest BCUT2D eigenvalue weighted by Crippen LogP contribution is -2.46. The zero-order valence-electron chi connectivity index (χ0n) is 17.8. The van der Waals surface area contributed by atoms with Gasteiger partial charge in [0, 0.05) is 11.1 Å². The quantitative estimate of drug-likeness (QED) is 0.687. The molecular weight excluding hydrogens is 375 g/mol. The monoisotopic (exact) mass is 404 g/mol. The number of nitrogens with one attached hydrogen (secondary N) is 2. The van der Waals surface area contributed by atoms with Crippen LogP contribution < -0.4 is 15.4 Å². The van der Waals surface area contributed by atoms with Crippen molar-refractivity contribution in [1.29, 1.82) is 0 Å². The first-order chi connectivity index (χ1) is 13.7. The number of likely N-dealkylation sites (N-methyl/N-ethyl adjacent to an activating group) is 1. The molecule has 0 aliphatic heterocycles. The third-order valence-corrected chi connectivity index (χ3v) is 4.59. The molecule has 0 radical (unpaired) electrons. The van der Waals surface area contributed by atoms with E-state index in [1.54, 1.807) is 12.1 Å². The van der Waals surface area contributed by atoms with E-state index in [-0.39, 0.29) is 16.9 Å². The fourth-order valence-electron chi connectivity index (χ4n) is 3.08. The van der Waals surface area contributed by atoms with Crippen LogP contribution in [0.25, 0.3) is 11.3 Å². The van der Waals surface area contributed by atoms with E-state index in [2.05, 4.69) is 46.1 Å². The van der Waals surface area contributed by atoms with E-state index in [0.29, 0.717) is 29.7 Å². The summed E-state index contributed by atoms with van der Waals surface area (Å²) in [7, 11) is 3.16. The van der Waals surface area contributed by atoms with Gasteiger partial charge >= 0.3 is 6.09 Å². The molecule has 0 saturated heterocycles. The number of rotatable bonds is 8. The number of anilines is 1. The molecule has 158 valence electrons. The molecule has 2 heterocycles. The van der Waals surface area contributed by atoms with Crippen molar-refractivity contribution < 1.29 is 18.7 Å². The van der Waals surface area contributed by atoms with Crippen LogP contribution in [-0.2, 0) is 4.74 Å². The van der Waals surface area contributed by atoms with E-state index in [0.717, 1.165) is 12.6 Å². The molecule has 29 heavy (non-hydrogen) atoms. The summed E-state index contributed by atoms with van der Waals surface area (Å²) < 4.78 is 24.8. The molecule has 2 aromatic rings. The zero-order valence-corrected chi connectivity index (χ0v) is 17.8. The summed E-state index contributed by atoms with van der Waals surface area (Å²) >= 11 is 0. The molecule has 1 atom stereocenters. The summed E-state index contributed by atoms with van der Waals surface area (Å²) in [4.78, 5) is 19.7. The first-order valence-corrected chi connectivity index (χ1v) is 9.47. The normalized spacial score (nSPS) is 13.1. The van der Waals surface area contributed by atoms with Crippen LogP contribution >= 0.6 is 0 Å². The van der Waals surface area contributed by atoms with Crippen LogP contribution in [0.2, 0.25) is 0 Å². The van der Waals surface area contributed by atoms with Crippen molar-refractivity contribution in [2.75, 3.05) is 26.1 Å². The summed E-state index contributed by atoms with van der Waals surface area (Å²) in [5.41, 5.74) is 1.12. The minimum Gasteiger partial charge on any atom is -0.490 e. The topological polar surface area (TPSA) is 85.4 Å². The van der Waals surface area contributed by atoms with Crippen molar-refractivity contribution in [2.45, 2.75) is 39.7 Å². The van der Waals surface area contributed by atoms with E-state index in [4.69, 9.17) is 4.74 Å². The Hall–Kier alpha value is -2.74. The zero-order chi connectivity index (χ0) is 21.6. The molecule has 0 aromatic carbocycles. The number of pyridine rings is 2. The third kappa shape index (κ3) is 6.12. The molecule has 0 bridgehead atoms. The van der Waals surface area contributed by atoms with Gasteiger partial charge in [0.05, 0.1) is 24.7 Å². The molecule has 0 fully saturated rings. The standard InChI is InChI=1S/C21H29FN4O3/c1-13(2)10-21(4,23-5)12-29-18-8-7-17(25-14(18)3)15-9-19(24-11-16(15)22)26-20(27)28-6/h7-9,11,13,23H,10,12H2,1-6H3,(H,24,26,27)/t21-/m0/s1. The second-order valence-electron chi connectivity index (χ2n) is 7.64. The van der Waals surface area contributed by atoms with Crippen LogP contribution in [0, 0.1) is 18.7 Å². The maximum atomic E-state index is 14.3. The second-order valence-corrected chi connectivity index (χ2v) is 7.64. The predicted octanol–water partition coefficient (Wildman–Crippen LogP) is 4.17. The van der Waals surface area contributed by atoms with Gasteiger partial charge in [-0.05, 0) is 51.4 Å². The smallest absolute Gasteiger partial charge is 0.412 e. The Kier molecular flexibility index (Phi) is 7.50. The van der Waals surface area contributed by atoms with Crippen LogP contribution in [-0.4, -0.2) is 42.4 Å². The molecule has 0 spiro atoms. The van der Waals surface area contributed by atoms with Gasteiger partial charge in [0.15, 0.2) is 5.82 Å². The van der Waals surface area contributed by atoms with Crippen LogP contribution in [0.5, 0.6) is 5.75 Å². The predicted molar refractivity (Wildman–Crippen MR) is 111 cm³/mol. The van der Waals surface area contributed by atoms with Gasteiger partial charge in [0.25, 0.3) is 0 Å². The lowest BCUT2D eigenvalue weighted by Gasteiger charge is -2.31. The fourth-order valence-corrected chi connectivity index (χ4v) is 3.08. The molecule has 1 amide bonds. The number of aromatic nitrogens is 2. The minimum atomic E-state index is -0.683. The van der Waals surface area contributed by atoms with Crippen molar-refractivity contribution in [3.63, 3.8) is 0 Å². The highest BCUT2D eigenvalue weighted by Crippen LogP contribution is 2.27. The van der Waals surface area contributed by atoms with Crippen LogP contribution in [0.1, 0.15) is 32.9 Å². The number of methoxy groups -OCH3 is 1. The number of carbonyl (C=O) groups is 1. The number of carbonyl (C=O) groups excluding carboxylic acids is 1. The summed E-state index contributed by atoms with van der Waals surface area (Å²) in [6.45, 7) is 8.75. The van der Waals surface area contributed by atoms with Crippen molar-refractivity contribution >= 4 is 11.9 Å². The highest BCUT2D eigenvalue weighted by atomic mass is 19.1. The van der Waals surface area contributed by atoms with Gasteiger partial charge in [0.1, 0.15) is 18.2 Å². The Morgan fingerprint density at radius 3 is 2.66 bits per heavy atom. The molecule has 2 rings (SSSR count). The van der Waals surface area contributed by atoms with Crippen LogP contribution in [0.4, 0.5) is 15.0 Å². The number of halogens is 1. The first kappa shape index (κ1) is 22.5.